The Morgan fingerprint density at radius 1 is 1.19 bits per heavy atom. The molecule has 0 aliphatic heterocycles. The van der Waals surface area contributed by atoms with Crippen molar-refractivity contribution in [2.45, 2.75) is 33.0 Å². The van der Waals surface area contributed by atoms with Gasteiger partial charge in [0.15, 0.2) is 5.96 Å². The molecule has 0 bridgehead atoms. The summed E-state index contributed by atoms with van der Waals surface area (Å²) in [6.07, 6.45) is -1.67. The Balaban J connectivity index is 0.00000338. The zero-order valence-electron chi connectivity index (χ0n) is 14.6. The van der Waals surface area contributed by atoms with E-state index in [1.165, 1.54) is 17.0 Å². The first-order valence-electron chi connectivity index (χ1n) is 7.98. The van der Waals surface area contributed by atoms with Crippen molar-refractivity contribution < 1.29 is 13.2 Å². The minimum Gasteiger partial charge on any atom is -0.357 e. The van der Waals surface area contributed by atoms with Gasteiger partial charge >= 0.3 is 6.18 Å². The van der Waals surface area contributed by atoms with Gasteiger partial charge in [-0.25, -0.2) is 9.98 Å². The van der Waals surface area contributed by atoms with E-state index in [4.69, 9.17) is 0 Å². The second-order valence-corrected chi connectivity index (χ2v) is 6.75. The Morgan fingerprint density at radius 2 is 1.88 bits per heavy atom. The monoisotopic (exact) mass is 498 g/mol. The summed E-state index contributed by atoms with van der Waals surface area (Å²) in [6.45, 7) is 5.68. The number of guanidine groups is 1. The molecule has 2 aromatic rings. The van der Waals surface area contributed by atoms with Gasteiger partial charge in [0.25, 0.3) is 0 Å². The highest BCUT2D eigenvalue weighted by Gasteiger charge is 2.29. The van der Waals surface area contributed by atoms with Gasteiger partial charge in [-0.3, -0.25) is 0 Å². The van der Waals surface area contributed by atoms with Crippen LogP contribution in [0.2, 0.25) is 0 Å². The van der Waals surface area contributed by atoms with Gasteiger partial charge in [-0.1, -0.05) is 12.1 Å². The smallest absolute Gasteiger partial charge is 0.357 e. The second kappa shape index (κ2) is 10.7. The van der Waals surface area contributed by atoms with Gasteiger partial charge in [0, 0.05) is 30.6 Å². The third-order valence-electron chi connectivity index (χ3n) is 3.35. The summed E-state index contributed by atoms with van der Waals surface area (Å²) in [4.78, 5) is 9.89. The Kier molecular flexibility index (Phi) is 9.34. The Morgan fingerprint density at radius 3 is 2.42 bits per heavy atom. The number of alkyl halides is 3. The lowest BCUT2D eigenvalue weighted by Crippen LogP contribution is -2.38. The van der Waals surface area contributed by atoms with Crippen molar-refractivity contribution in [1.29, 1.82) is 0 Å². The van der Waals surface area contributed by atoms with Crippen LogP contribution in [0.3, 0.4) is 0 Å². The summed E-state index contributed by atoms with van der Waals surface area (Å²) in [5.74, 6) is 0.635. The van der Waals surface area contributed by atoms with Crippen LogP contribution in [-0.2, 0) is 19.1 Å². The van der Waals surface area contributed by atoms with Crippen LogP contribution < -0.4 is 10.6 Å². The molecule has 0 aliphatic carbocycles. The van der Waals surface area contributed by atoms with E-state index in [0.29, 0.717) is 25.6 Å². The molecule has 26 heavy (non-hydrogen) atoms. The molecule has 0 saturated carbocycles. The van der Waals surface area contributed by atoms with Gasteiger partial charge < -0.3 is 10.6 Å². The number of hydrogen-bond acceptors (Lipinski definition) is 3. The van der Waals surface area contributed by atoms with E-state index in [2.05, 4.69) is 20.6 Å². The second-order valence-electron chi connectivity index (χ2n) is 5.43. The quantitative estimate of drug-likeness (QED) is 0.353. The van der Waals surface area contributed by atoms with Crippen LogP contribution in [0.1, 0.15) is 27.9 Å². The Hall–Kier alpha value is -1.36. The molecule has 1 aromatic carbocycles. The predicted octanol–water partition coefficient (Wildman–Crippen LogP) is 4.39. The lowest BCUT2D eigenvalue weighted by Gasteiger charge is -2.11. The minimum atomic E-state index is -4.31. The predicted molar refractivity (Wildman–Crippen MR) is 110 cm³/mol. The number of halogens is 4. The molecule has 0 fully saturated rings. The highest BCUT2D eigenvalue weighted by molar-refractivity contribution is 14.0. The van der Waals surface area contributed by atoms with E-state index < -0.39 is 11.7 Å². The average molecular weight is 498 g/mol. The molecule has 0 unspecified atom stereocenters. The fourth-order valence-corrected chi connectivity index (χ4v) is 2.90. The standard InChI is InChI=1S/C17H21F3N4S.HI/c1-3-21-16(22-9-8-15-23-10-12(2)25-15)24-11-13-4-6-14(7-5-13)17(18,19)20;/h4-7,10H,3,8-9,11H2,1-2H3,(H2,21,22,24);1H. The maximum atomic E-state index is 12.6. The summed E-state index contributed by atoms with van der Waals surface area (Å²) in [6, 6.07) is 5.06. The van der Waals surface area contributed by atoms with Gasteiger partial charge in [-0.05, 0) is 31.5 Å². The molecule has 2 N–H and O–H groups in total. The molecule has 0 aliphatic rings. The van der Waals surface area contributed by atoms with E-state index in [-0.39, 0.29) is 24.0 Å². The molecule has 0 amide bonds. The van der Waals surface area contributed by atoms with Crippen molar-refractivity contribution in [1.82, 2.24) is 15.6 Å². The van der Waals surface area contributed by atoms with E-state index in [0.717, 1.165) is 29.1 Å². The largest absolute Gasteiger partial charge is 0.416 e. The molecule has 1 heterocycles. The first-order valence-corrected chi connectivity index (χ1v) is 8.79. The topological polar surface area (TPSA) is 49.3 Å². The number of aliphatic imine (C=N–C) groups is 1. The van der Waals surface area contributed by atoms with Crippen LogP contribution >= 0.6 is 35.3 Å². The van der Waals surface area contributed by atoms with Gasteiger partial charge in [-0.2, -0.15) is 13.2 Å². The third kappa shape index (κ3) is 7.48. The molecule has 0 radical (unpaired) electrons. The summed E-state index contributed by atoms with van der Waals surface area (Å²) in [7, 11) is 0. The third-order valence-corrected chi connectivity index (χ3v) is 4.32. The van der Waals surface area contributed by atoms with Crippen molar-refractivity contribution in [3.05, 3.63) is 51.5 Å². The van der Waals surface area contributed by atoms with E-state index in [1.807, 2.05) is 20.0 Å². The fraction of sp³-hybridized carbons (Fsp3) is 0.412. The maximum absolute atomic E-state index is 12.6. The number of aromatic nitrogens is 1. The molecule has 144 valence electrons. The van der Waals surface area contributed by atoms with Crippen LogP contribution in [0.5, 0.6) is 0 Å². The number of thiazole rings is 1. The molecule has 1 aromatic heterocycles. The number of benzene rings is 1. The van der Waals surface area contributed by atoms with Crippen LogP contribution in [0.4, 0.5) is 13.2 Å². The zero-order valence-corrected chi connectivity index (χ0v) is 17.7. The maximum Gasteiger partial charge on any atom is 0.416 e. The van der Waals surface area contributed by atoms with E-state index >= 15 is 0 Å². The lowest BCUT2D eigenvalue weighted by molar-refractivity contribution is -0.137. The minimum absolute atomic E-state index is 0. The lowest BCUT2D eigenvalue weighted by atomic mass is 10.1. The van der Waals surface area contributed by atoms with E-state index in [9.17, 15) is 13.2 Å². The molecule has 0 spiro atoms. The summed E-state index contributed by atoms with van der Waals surface area (Å²) in [5.41, 5.74) is 0.0738. The van der Waals surface area contributed by atoms with Gasteiger partial charge in [0.05, 0.1) is 17.1 Å². The molecule has 2 rings (SSSR count). The highest BCUT2D eigenvalue weighted by atomic mass is 127. The summed E-state index contributed by atoms with van der Waals surface area (Å²) in [5, 5.41) is 7.39. The van der Waals surface area contributed by atoms with Crippen molar-refractivity contribution >= 4 is 41.3 Å². The average Bonchev–Trinajstić information content (AvgIpc) is 2.97. The van der Waals surface area contributed by atoms with Crippen molar-refractivity contribution in [2.75, 3.05) is 13.1 Å². The summed E-state index contributed by atoms with van der Waals surface area (Å²) < 4.78 is 37.7. The SMILES string of the molecule is CCNC(=NCc1ccc(C(F)(F)F)cc1)NCCc1ncc(C)s1.I. The van der Waals surface area contributed by atoms with Crippen molar-refractivity contribution in [3.8, 4) is 0 Å². The first-order chi connectivity index (χ1) is 11.9. The Bertz CT molecular complexity index is 699. The van der Waals surface area contributed by atoms with Crippen LogP contribution in [0, 0.1) is 6.92 Å². The van der Waals surface area contributed by atoms with Gasteiger partial charge in [0.1, 0.15) is 0 Å². The molecule has 9 heteroatoms. The number of nitrogens with one attached hydrogen (secondary N) is 2. The number of hydrogen-bond donors (Lipinski definition) is 2. The number of rotatable bonds is 6. The van der Waals surface area contributed by atoms with Gasteiger partial charge in [0.2, 0.25) is 0 Å². The summed E-state index contributed by atoms with van der Waals surface area (Å²) >= 11 is 1.66. The van der Waals surface area contributed by atoms with Gasteiger partial charge in [-0.15, -0.1) is 35.3 Å². The van der Waals surface area contributed by atoms with Crippen molar-refractivity contribution in [2.24, 2.45) is 4.99 Å². The molecule has 0 atom stereocenters. The van der Waals surface area contributed by atoms with E-state index in [1.54, 1.807) is 11.3 Å². The fourth-order valence-electron chi connectivity index (χ4n) is 2.12. The first kappa shape index (κ1) is 22.7. The molecular weight excluding hydrogens is 476 g/mol. The zero-order chi connectivity index (χ0) is 18.3. The molecule has 4 nitrogen and oxygen atoms in total. The molecule has 0 saturated heterocycles. The highest BCUT2D eigenvalue weighted by Crippen LogP contribution is 2.29. The molecular formula is C17H22F3IN4S. The van der Waals surface area contributed by atoms with Crippen molar-refractivity contribution in [3.63, 3.8) is 0 Å². The Labute approximate surface area is 172 Å². The van der Waals surface area contributed by atoms with Crippen LogP contribution in [-0.4, -0.2) is 24.0 Å². The van der Waals surface area contributed by atoms with Crippen LogP contribution in [0.25, 0.3) is 0 Å². The number of nitrogens with zero attached hydrogens (tertiary/aromatic N) is 2. The number of aryl methyl sites for hydroxylation is 1. The normalized spacial score (nSPS) is 11.8. The van der Waals surface area contributed by atoms with Crippen LogP contribution in [0.15, 0.2) is 35.5 Å².